The maximum absolute atomic E-state index is 13.6. The number of carbonyl (C=O) groups excluding carboxylic acids is 2. The third-order valence-corrected chi connectivity index (χ3v) is 5.46. The summed E-state index contributed by atoms with van der Waals surface area (Å²) in [6.45, 7) is 1.21. The lowest BCUT2D eigenvalue weighted by atomic mass is 10.2. The van der Waals surface area contributed by atoms with E-state index in [0.29, 0.717) is 15.8 Å². The minimum atomic E-state index is -1.39. The van der Waals surface area contributed by atoms with Crippen molar-refractivity contribution >= 4 is 39.5 Å². The number of ether oxygens (including phenoxy) is 1. The average molecular weight is 431 g/mol. The number of carboxylic acid groups (broad SMARTS) is 1. The number of hydrogen-bond donors (Lipinski definition) is 3. The van der Waals surface area contributed by atoms with E-state index in [9.17, 15) is 23.9 Å². The molecule has 10 heteroatoms. The molecule has 0 spiro atoms. The first-order valence-corrected chi connectivity index (χ1v) is 9.69. The summed E-state index contributed by atoms with van der Waals surface area (Å²) in [6.07, 6.45) is 0.162. The van der Waals surface area contributed by atoms with E-state index in [2.05, 4.69) is 15.6 Å². The van der Waals surface area contributed by atoms with Crippen molar-refractivity contribution in [3.8, 4) is 0 Å². The van der Waals surface area contributed by atoms with Crippen molar-refractivity contribution in [3.05, 3.63) is 64.4 Å². The number of hydrogen-bond acceptors (Lipinski definition) is 6. The number of fused-ring (bicyclic) bond motifs is 1. The van der Waals surface area contributed by atoms with Crippen LogP contribution in [0.3, 0.4) is 0 Å². The summed E-state index contributed by atoms with van der Waals surface area (Å²) in [5.74, 6) is -2.35. The second-order valence-electron chi connectivity index (χ2n) is 6.36. The van der Waals surface area contributed by atoms with Gasteiger partial charge in [-0.3, -0.25) is 9.78 Å². The number of nitrogens with one attached hydrogen (secondary N) is 2. The van der Waals surface area contributed by atoms with E-state index < -0.39 is 29.8 Å². The van der Waals surface area contributed by atoms with Crippen LogP contribution in [-0.4, -0.2) is 40.6 Å². The lowest BCUT2D eigenvalue weighted by Crippen LogP contribution is -2.48. The van der Waals surface area contributed by atoms with E-state index in [-0.39, 0.29) is 18.0 Å². The molecule has 8 nitrogen and oxygen atoms in total. The Morgan fingerprint density at radius 3 is 2.70 bits per heavy atom. The van der Waals surface area contributed by atoms with Gasteiger partial charge in [0.05, 0.1) is 21.3 Å². The van der Waals surface area contributed by atoms with Gasteiger partial charge in [-0.1, -0.05) is 30.3 Å². The van der Waals surface area contributed by atoms with Gasteiger partial charge >= 0.3 is 12.1 Å². The smallest absolute Gasteiger partial charge is 0.408 e. The molecular weight excluding hydrogens is 413 g/mol. The highest BCUT2D eigenvalue weighted by Gasteiger charge is 2.22. The summed E-state index contributed by atoms with van der Waals surface area (Å²) >= 11 is 1.05. The third kappa shape index (κ3) is 5.09. The maximum Gasteiger partial charge on any atom is 0.408 e. The van der Waals surface area contributed by atoms with Crippen molar-refractivity contribution in [3.63, 3.8) is 0 Å². The van der Waals surface area contributed by atoms with Crippen LogP contribution in [0.15, 0.2) is 42.6 Å². The first kappa shape index (κ1) is 21.2. The van der Waals surface area contributed by atoms with Crippen LogP contribution < -0.4 is 10.6 Å². The number of thiophene rings is 1. The summed E-state index contributed by atoms with van der Waals surface area (Å²) in [4.78, 5) is 39.9. The van der Waals surface area contributed by atoms with Crippen LogP contribution in [0.2, 0.25) is 0 Å². The van der Waals surface area contributed by atoms with Gasteiger partial charge in [0.15, 0.2) is 0 Å². The largest absolute Gasteiger partial charge is 0.480 e. The number of aliphatic carboxylic acids is 1. The number of pyridine rings is 1. The van der Waals surface area contributed by atoms with E-state index in [4.69, 9.17) is 4.74 Å². The number of rotatable bonds is 7. The van der Waals surface area contributed by atoms with Crippen LogP contribution in [0.1, 0.15) is 20.8 Å². The molecule has 0 fully saturated rings. The Morgan fingerprint density at radius 1 is 1.27 bits per heavy atom. The van der Waals surface area contributed by atoms with Crippen LogP contribution >= 0.6 is 11.3 Å². The molecule has 3 rings (SSSR count). The van der Waals surface area contributed by atoms with Crippen LogP contribution in [0.5, 0.6) is 0 Å². The molecule has 0 aliphatic heterocycles. The highest BCUT2D eigenvalue weighted by Crippen LogP contribution is 2.28. The van der Waals surface area contributed by atoms with Crippen LogP contribution in [-0.2, 0) is 16.1 Å². The highest BCUT2D eigenvalue weighted by atomic mass is 32.1. The predicted octanol–water partition coefficient (Wildman–Crippen LogP) is 2.85. The van der Waals surface area contributed by atoms with E-state index in [1.807, 2.05) is 6.07 Å². The lowest BCUT2D eigenvalue weighted by molar-refractivity contribution is -0.139. The monoisotopic (exact) mass is 431 g/mol. The van der Waals surface area contributed by atoms with Gasteiger partial charge in [-0.05, 0) is 18.6 Å². The molecule has 2 heterocycles. The van der Waals surface area contributed by atoms with Gasteiger partial charge < -0.3 is 20.5 Å². The summed E-state index contributed by atoms with van der Waals surface area (Å²) in [6, 6.07) is 9.02. The molecule has 1 atom stereocenters. The number of amides is 2. The summed E-state index contributed by atoms with van der Waals surface area (Å²) < 4.78 is 19.2. The fraction of sp³-hybridized carbons (Fsp3) is 0.200. The zero-order chi connectivity index (χ0) is 21.7. The molecular formula is C20H18FN3O5S. The van der Waals surface area contributed by atoms with Crippen molar-refractivity contribution in [2.75, 3.05) is 6.54 Å². The predicted molar refractivity (Wildman–Crippen MR) is 108 cm³/mol. The van der Waals surface area contributed by atoms with Gasteiger partial charge in [0.1, 0.15) is 18.5 Å². The summed E-state index contributed by atoms with van der Waals surface area (Å²) in [7, 11) is 0. The molecule has 2 aromatic heterocycles. The normalized spacial score (nSPS) is 11.7. The van der Waals surface area contributed by atoms with Crippen molar-refractivity contribution in [2.45, 2.75) is 19.6 Å². The Kier molecular flexibility index (Phi) is 6.58. The fourth-order valence-electron chi connectivity index (χ4n) is 2.58. The van der Waals surface area contributed by atoms with Crippen LogP contribution in [0.25, 0.3) is 10.2 Å². The molecule has 0 aliphatic rings. The number of nitrogens with zero attached hydrogens (tertiary/aromatic N) is 1. The Morgan fingerprint density at radius 2 is 2.00 bits per heavy atom. The maximum atomic E-state index is 13.6. The molecule has 1 aromatic carbocycles. The second-order valence-corrected chi connectivity index (χ2v) is 7.42. The number of carboxylic acids is 1. The quantitative estimate of drug-likeness (QED) is 0.530. The molecule has 0 saturated carbocycles. The number of aryl methyl sites for hydroxylation is 1. The topological polar surface area (TPSA) is 118 Å². The first-order valence-electron chi connectivity index (χ1n) is 8.88. The van der Waals surface area contributed by atoms with E-state index >= 15 is 0 Å². The number of carbonyl (C=O) groups is 3. The second kappa shape index (κ2) is 9.31. The SMILES string of the molecule is Cc1c(F)cnc2cc(C(=O)NCC(NC(=O)OCc3ccccc3)C(=O)O)sc12. The molecule has 2 amide bonds. The zero-order valence-electron chi connectivity index (χ0n) is 15.8. The van der Waals surface area contributed by atoms with E-state index in [0.717, 1.165) is 23.1 Å². The van der Waals surface area contributed by atoms with Gasteiger partial charge in [0, 0.05) is 12.1 Å². The Bertz CT molecular complexity index is 1090. The van der Waals surface area contributed by atoms with Gasteiger partial charge in [0.25, 0.3) is 5.91 Å². The Labute approximate surface area is 174 Å². The third-order valence-electron chi connectivity index (χ3n) is 4.22. The highest BCUT2D eigenvalue weighted by molar-refractivity contribution is 7.21. The van der Waals surface area contributed by atoms with Gasteiger partial charge in [-0.15, -0.1) is 11.3 Å². The zero-order valence-corrected chi connectivity index (χ0v) is 16.7. The number of halogens is 1. The Hall–Kier alpha value is -3.53. The number of alkyl carbamates (subject to hydrolysis) is 1. The molecule has 30 heavy (non-hydrogen) atoms. The molecule has 0 bridgehead atoms. The van der Waals surface area contributed by atoms with Crippen LogP contribution in [0.4, 0.5) is 9.18 Å². The minimum Gasteiger partial charge on any atom is -0.480 e. The van der Waals surface area contributed by atoms with Crippen molar-refractivity contribution in [2.24, 2.45) is 0 Å². The Balaban J connectivity index is 1.57. The number of benzene rings is 1. The standard InChI is InChI=1S/C20H18FN3O5S/c1-11-13(21)8-22-14-7-16(30-17(11)14)18(25)23-9-15(19(26)27)24-20(28)29-10-12-5-3-2-4-6-12/h2-8,15H,9-10H2,1H3,(H,23,25)(H,24,28)(H,26,27). The molecule has 0 saturated heterocycles. The van der Waals surface area contributed by atoms with Crippen molar-refractivity contribution in [1.82, 2.24) is 15.6 Å². The van der Waals surface area contributed by atoms with Gasteiger partial charge in [-0.2, -0.15) is 0 Å². The minimum absolute atomic E-state index is 0.0178. The van der Waals surface area contributed by atoms with Gasteiger partial charge in [0.2, 0.25) is 0 Å². The van der Waals surface area contributed by atoms with Crippen molar-refractivity contribution in [1.29, 1.82) is 0 Å². The molecule has 3 aromatic rings. The lowest BCUT2D eigenvalue weighted by Gasteiger charge is -2.15. The first-order chi connectivity index (χ1) is 14.3. The molecule has 3 N–H and O–H groups in total. The summed E-state index contributed by atoms with van der Waals surface area (Å²) in [5.41, 5.74) is 1.61. The van der Waals surface area contributed by atoms with Gasteiger partial charge in [-0.25, -0.2) is 14.0 Å². The molecule has 156 valence electrons. The fourth-order valence-corrected chi connectivity index (χ4v) is 3.60. The van der Waals surface area contributed by atoms with Crippen LogP contribution in [0, 0.1) is 12.7 Å². The summed E-state index contributed by atoms with van der Waals surface area (Å²) in [5, 5.41) is 14.0. The molecule has 1 unspecified atom stereocenters. The molecule has 0 aliphatic carbocycles. The number of aromatic nitrogens is 1. The van der Waals surface area contributed by atoms with E-state index in [1.54, 1.807) is 31.2 Å². The molecule has 0 radical (unpaired) electrons. The van der Waals surface area contributed by atoms with Crippen molar-refractivity contribution < 1.29 is 28.6 Å². The average Bonchev–Trinajstić information content (AvgIpc) is 3.18. The van der Waals surface area contributed by atoms with E-state index in [1.165, 1.54) is 6.07 Å².